The quantitative estimate of drug-likeness (QED) is 0.119. The fourth-order valence-electron chi connectivity index (χ4n) is 6.37. The van der Waals surface area contributed by atoms with Gasteiger partial charge in [0.2, 0.25) is 11.2 Å². The average molecular weight is 676 g/mol. The number of fused-ring (bicyclic) bond motifs is 1. The molecule has 0 saturated carbocycles. The molecule has 1 aromatic heterocycles. The Balaban J connectivity index is 1.13. The highest BCUT2D eigenvalue weighted by Gasteiger charge is 2.40. The summed E-state index contributed by atoms with van der Waals surface area (Å²) in [6.45, 7) is 1.29. The lowest BCUT2D eigenvalue weighted by atomic mass is 9.84. The van der Waals surface area contributed by atoms with E-state index < -0.39 is 17.7 Å². The Labute approximate surface area is 287 Å². The number of rotatable bonds is 11. The Morgan fingerprint density at radius 1 is 0.980 bits per heavy atom. The number of H-pyrrole nitrogens is 1. The number of benzene rings is 4. The van der Waals surface area contributed by atoms with E-state index in [0.29, 0.717) is 53.9 Å². The van der Waals surface area contributed by atoms with Crippen LogP contribution in [0.4, 0.5) is 0 Å². The number of phenols is 1. The molecule has 11 nitrogen and oxygen atoms in total. The SMILES string of the molecule is COc1cc(C(=O)N2CCC=C(c3cccc([C@](O)(C(=O)O)c4ccccc4)c3)C2)ccc1CNC[C@H](O)c1ccc(O)c2[nH]c(=O)ccc12. The molecular weight excluding hydrogens is 638 g/mol. The zero-order valence-electron chi connectivity index (χ0n) is 27.3. The fraction of sp³-hybridized carbons (Fsp3) is 0.205. The minimum atomic E-state index is -2.24. The van der Waals surface area contributed by atoms with Crippen LogP contribution in [0.25, 0.3) is 16.5 Å². The van der Waals surface area contributed by atoms with Gasteiger partial charge < -0.3 is 40.4 Å². The van der Waals surface area contributed by atoms with E-state index >= 15 is 0 Å². The van der Waals surface area contributed by atoms with Crippen LogP contribution in [0.3, 0.4) is 0 Å². The number of aliphatic hydroxyl groups excluding tert-OH is 1. The molecule has 0 aliphatic carbocycles. The van der Waals surface area contributed by atoms with E-state index in [1.165, 1.54) is 19.2 Å². The number of amides is 1. The van der Waals surface area contributed by atoms with Crippen molar-refractivity contribution >= 4 is 28.4 Å². The summed E-state index contributed by atoms with van der Waals surface area (Å²) >= 11 is 0. The van der Waals surface area contributed by atoms with Gasteiger partial charge in [-0.2, -0.15) is 0 Å². The highest BCUT2D eigenvalue weighted by Crippen LogP contribution is 2.33. The van der Waals surface area contributed by atoms with Gasteiger partial charge in [0.25, 0.3) is 5.91 Å². The number of carboxylic acids is 1. The second-order valence-electron chi connectivity index (χ2n) is 12.2. The molecule has 1 aliphatic rings. The number of carbonyl (C=O) groups is 2. The number of aromatic amines is 1. The number of ether oxygens (including phenoxy) is 1. The predicted molar refractivity (Wildman–Crippen MR) is 188 cm³/mol. The number of carboxylic acid groups (broad SMARTS) is 1. The summed E-state index contributed by atoms with van der Waals surface area (Å²) in [5.74, 6) is -1.16. The summed E-state index contributed by atoms with van der Waals surface area (Å²) in [4.78, 5) is 42.1. The molecule has 6 N–H and O–H groups in total. The minimum absolute atomic E-state index is 0.0840. The van der Waals surface area contributed by atoms with Crippen molar-refractivity contribution in [3.05, 3.63) is 147 Å². The lowest BCUT2D eigenvalue weighted by Gasteiger charge is -2.29. The van der Waals surface area contributed by atoms with Gasteiger partial charge in [-0.3, -0.25) is 9.59 Å². The maximum absolute atomic E-state index is 13.7. The number of aromatic hydroxyl groups is 1. The maximum atomic E-state index is 13.7. The van der Waals surface area contributed by atoms with Crippen molar-refractivity contribution < 1.29 is 34.8 Å². The normalized spacial score (nSPS) is 14.9. The van der Waals surface area contributed by atoms with Gasteiger partial charge in [-0.05, 0) is 59.0 Å². The van der Waals surface area contributed by atoms with Crippen molar-refractivity contribution in [2.24, 2.45) is 0 Å². The summed E-state index contributed by atoms with van der Waals surface area (Å²) in [5, 5.41) is 46.2. The highest BCUT2D eigenvalue weighted by molar-refractivity contribution is 5.96. The second kappa shape index (κ2) is 14.4. The van der Waals surface area contributed by atoms with Crippen molar-refractivity contribution in [1.29, 1.82) is 0 Å². The highest BCUT2D eigenvalue weighted by atomic mass is 16.5. The molecule has 0 radical (unpaired) electrons. The van der Waals surface area contributed by atoms with Crippen molar-refractivity contribution in [3.63, 3.8) is 0 Å². The molecule has 1 amide bonds. The fourth-order valence-corrected chi connectivity index (χ4v) is 6.37. The van der Waals surface area contributed by atoms with Gasteiger partial charge in [0.15, 0.2) is 0 Å². The van der Waals surface area contributed by atoms with Crippen LogP contribution in [0.5, 0.6) is 11.5 Å². The van der Waals surface area contributed by atoms with E-state index in [1.54, 1.807) is 83.8 Å². The van der Waals surface area contributed by atoms with Gasteiger partial charge in [-0.25, -0.2) is 4.79 Å². The van der Waals surface area contributed by atoms with E-state index in [1.807, 2.05) is 12.1 Å². The Bertz CT molecular complexity index is 2150. The van der Waals surface area contributed by atoms with Crippen LogP contribution in [-0.4, -0.2) is 68.9 Å². The van der Waals surface area contributed by atoms with Crippen LogP contribution in [0, 0.1) is 0 Å². The van der Waals surface area contributed by atoms with Crippen molar-refractivity contribution in [3.8, 4) is 11.5 Å². The van der Waals surface area contributed by atoms with Gasteiger partial charge in [-0.15, -0.1) is 0 Å². The molecule has 11 heteroatoms. The number of carbonyl (C=O) groups excluding carboxylic acids is 1. The second-order valence-corrected chi connectivity index (χ2v) is 12.2. The zero-order valence-corrected chi connectivity index (χ0v) is 27.3. The predicted octanol–water partition coefficient (Wildman–Crippen LogP) is 4.32. The molecule has 5 aromatic rings. The molecule has 50 heavy (non-hydrogen) atoms. The molecule has 6 rings (SSSR count). The third-order valence-electron chi connectivity index (χ3n) is 9.04. The van der Waals surface area contributed by atoms with Gasteiger partial charge in [0.05, 0.1) is 18.7 Å². The van der Waals surface area contributed by atoms with Crippen LogP contribution in [0.2, 0.25) is 0 Å². The first-order chi connectivity index (χ1) is 24.1. The molecule has 2 atom stereocenters. The minimum Gasteiger partial charge on any atom is -0.506 e. The van der Waals surface area contributed by atoms with E-state index in [0.717, 1.165) is 11.1 Å². The van der Waals surface area contributed by atoms with Gasteiger partial charge in [0.1, 0.15) is 11.5 Å². The number of hydrogen-bond acceptors (Lipinski definition) is 8. The number of nitrogens with zero attached hydrogens (tertiary/aromatic N) is 1. The Hall–Kier alpha value is -5.75. The third kappa shape index (κ3) is 6.74. The van der Waals surface area contributed by atoms with Gasteiger partial charge >= 0.3 is 5.97 Å². The number of pyridine rings is 1. The lowest BCUT2D eigenvalue weighted by Crippen LogP contribution is -2.37. The van der Waals surface area contributed by atoms with Crippen LogP contribution < -0.4 is 15.6 Å². The molecule has 2 heterocycles. The molecule has 1 aliphatic heterocycles. The number of aliphatic carboxylic acids is 1. The summed E-state index contributed by atoms with van der Waals surface area (Å²) < 4.78 is 5.62. The van der Waals surface area contributed by atoms with Crippen LogP contribution >= 0.6 is 0 Å². The Morgan fingerprint density at radius 2 is 1.76 bits per heavy atom. The summed E-state index contributed by atoms with van der Waals surface area (Å²) in [5.41, 5.74) is 1.43. The van der Waals surface area contributed by atoms with E-state index in [4.69, 9.17) is 4.74 Å². The molecule has 0 saturated heterocycles. The van der Waals surface area contributed by atoms with Gasteiger partial charge in [0, 0.05) is 54.3 Å². The van der Waals surface area contributed by atoms with E-state index in [2.05, 4.69) is 10.3 Å². The Morgan fingerprint density at radius 3 is 2.52 bits per heavy atom. The Kier molecular flexibility index (Phi) is 9.82. The molecule has 0 spiro atoms. The number of aromatic nitrogens is 1. The molecule has 0 unspecified atom stereocenters. The van der Waals surface area contributed by atoms with Crippen molar-refractivity contribution in [2.75, 3.05) is 26.7 Å². The summed E-state index contributed by atoms with van der Waals surface area (Å²) in [6, 6.07) is 26.2. The van der Waals surface area contributed by atoms with Crippen LogP contribution in [0.15, 0.2) is 108 Å². The van der Waals surface area contributed by atoms with E-state index in [9.17, 15) is 34.8 Å². The number of aliphatic hydroxyl groups is 2. The number of nitrogens with one attached hydrogen (secondary N) is 2. The zero-order chi connectivity index (χ0) is 35.4. The number of phenolic OH excluding ortho intramolecular Hbond substituents is 1. The van der Waals surface area contributed by atoms with Crippen molar-refractivity contribution in [1.82, 2.24) is 15.2 Å². The average Bonchev–Trinajstić information content (AvgIpc) is 3.15. The van der Waals surface area contributed by atoms with Crippen LogP contribution in [0.1, 0.15) is 50.7 Å². The molecular formula is C39H37N3O8. The topological polar surface area (TPSA) is 172 Å². The number of hydrogen-bond donors (Lipinski definition) is 6. The largest absolute Gasteiger partial charge is 0.506 e. The summed E-state index contributed by atoms with van der Waals surface area (Å²) in [6.07, 6.45) is 1.69. The molecule has 0 bridgehead atoms. The smallest absolute Gasteiger partial charge is 0.345 e. The van der Waals surface area contributed by atoms with Crippen LogP contribution in [-0.2, 0) is 16.9 Å². The van der Waals surface area contributed by atoms with E-state index in [-0.39, 0.29) is 40.4 Å². The molecule has 4 aromatic carbocycles. The standard InChI is InChI=1S/C39H37N3O8/c1-50-34-20-25(12-13-26(34)21-40-22-33(44)30-14-16-32(43)36-31(30)15-17-35(45)41-36)37(46)42-18-6-8-27(23-42)24-7-5-11-29(19-24)39(49,38(47)48)28-9-3-2-4-10-28/h2-5,7-17,19-20,33,40,43-44,49H,6,18,21-23H2,1H3,(H,41,45)(H,47,48)/t33-,39-/m0/s1. The third-order valence-corrected chi connectivity index (χ3v) is 9.04. The lowest BCUT2D eigenvalue weighted by molar-refractivity contribution is -0.155. The summed E-state index contributed by atoms with van der Waals surface area (Å²) in [7, 11) is 1.52. The van der Waals surface area contributed by atoms with Crippen molar-refractivity contribution in [2.45, 2.75) is 24.7 Å². The molecule has 0 fully saturated rings. The first-order valence-electron chi connectivity index (χ1n) is 16.1. The first kappa shape index (κ1) is 34.1. The first-order valence-corrected chi connectivity index (χ1v) is 16.1. The van der Waals surface area contributed by atoms with Gasteiger partial charge in [-0.1, -0.05) is 66.7 Å². The number of methoxy groups -OCH3 is 1. The molecule has 256 valence electrons. The maximum Gasteiger partial charge on any atom is 0.345 e. The monoisotopic (exact) mass is 675 g/mol.